The third-order valence-electron chi connectivity index (χ3n) is 3.77. The number of aliphatic hydroxyl groups excluding tert-OH is 1. The lowest BCUT2D eigenvalue weighted by Crippen LogP contribution is -2.24. The fourth-order valence-corrected chi connectivity index (χ4v) is 2.91. The molecule has 2 nitrogen and oxygen atoms in total. The number of hydrogen-bond donors (Lipinski definition) is 1. The van der Waals surface area contributed by atoms with Crippen molar-refractivity contribution in [3.63, 3.8) is 0 Å². The second-order valence-electron chi connectivity index (χ2n) is 4.56. The number of halogens is 1. The lowest BCUT2D eigenvalue weighted by Gasteiger charge is -2.21. The summed E-state index contributed by atoms with van der Waals surface area (Å²) in [6.07, 6.45) is 0. The predicted octanol–water partition coefficient (Wildman–Crippen LogP) is 2.01. The Morgan fingerprint density at radius 1 is 1.20 bits per heavy atom. The Morgan fingerprint density at radius 3 is 2.33 bits per heavy atom. The summed E-state index contributed by atoms with van der Waals surface area (Å²) in [5.74, 6) is 2.03. The number of rotatable bonds is 2. The van der Waals surface area contributed by atoms with Crippen molar-refractivity contribution < 1.29 is 5.11 Å². The van der Waals surface area contributed by atoms with Crippen LogP contribution in [0.4, 0.5) is 5.69 Å². The highest BCUT2D eigenvalue weighted by Crippen LogP contribution is 2.52. The monoisotopic (exact) mass is 223 g/mol. The summed E-state index contributed by atoms with van der Waals surface area (Å²) in [5.41, 5.74) is 1.25. The molecule has 0 bridgehead atoms. The van der Waals surface area contributed by atoms with Crippen LogP contribution < -0.4 is 4.90 Å². The van der Waals surface area contributed by atoms with Gasteiger partial charge in [0.25, 0.3) is 0 Å². The predicted molar refractivity (Wildman–Crippen MR) is 61.2 cm³/mol. The second kappa shape index (κ2) is 3.39. The van der Waals surface area contributed by atoms with E-state index in [2.05, 4.69) is 17.0 Å². The van der Waals surface area contributed by atoms with Crippen LogP contribution in [0.5, 0.6) is 0 Å². The van der Waals surface area contributed by atoms with Gasteiger partial charge in [0, 0.05) is 30.4 Å². The van der Waals surface area contributed by atoms with Crippen molar-refractivity contribution in [3.05, 3.63) is 29.3 Å². The standard InChI is InChI=1S/C12H14ClNO/c13-8-1-3-9(4-2-8)14-5-10-11(6-14)12(10)7-15/h1-4,10-12,15H,5-7H2. The lowest BCUT2D eigenvalue weighted by atomic mass is 10.2. The van der Waals surface area contributed by atoms with E-state index in [0.717, 1.165) is 29.9 Å². The first kappa shape index (κ1) is 9.49. The Balaban J connectivity index is 1.69. The average molecular weight is 224 g/mol. The molecule has 2 atom stereocenters. The minimum atomic E-state index is 0.365. The molecule has 2 aliphatic rings. The Bertz CT molecular complexity index is 352. The minimum Gasteiger partial charge on any atom is -0.396 e. The van der Waals surface area contributed by atoms with Gasteiger partial charge in [0.15, 0.2) is 0 Å². The van der Waals surface area contributed by atoms with E-state index in [1.54, 1.807) is 0 Å². The minimum absolute atomic E-state index is 0.365. The first-order chi connectivity index (χ1) is 7.29. The van der Waals surface area contributed by atoms with E-state index in [4.69, 9.17) is 16.7 Å². The lowest BCUT2D eigenvalue weighted by molar-refractivity contribution is 0.260. The number of hydrogen-bond acceptors (Lipinski definition) is 2. The Kier molecular flexibility index (Phi) is 2.15. The molecule has 2 unspecified atom stereocenters. The number of piperidine rings is 1. The van der Waals surface area contributed by atoms with Crippen LogP contribution in [-0.4, -0.2) is 24.8 Å². The normalized spacial score (nSPS) is 32.9. The molecule has 0 amide bonds. The molecule has 1 aliphatic heterocycles. The van der Waals surface area contributed by atoms with Crippen LogP contribution in [0.15, 0.2) is 24.3 Å². The smallest absolute Gasteiger partial charge is 0.0466 e. The van der Waals surface area contributed by atoms with Gasteiger partial charge in [-0.05, 0) is 42.0 Å². The van der Waals surface area contributed by atoms with E-state index in [9.17, 15) is 0 Å². The molecular weight excluding hydrogens is 210 g/mol. The van der Waals surface area contributed by atoms with Gasteiger partial charge < -0.3 is 10.0 Å². The zero-order valence-corrected chi connectivity index (χ0v) is 9.19. The number of anilines is 1. The van der Waals surface area contributed by atoms with Crippen molar-refractivity contribution in [3.8, 4) is 0 Å². The number of benzene rings is 1. The molecule has 1 N–H and O–H groups in total. The van der Waals surface area contributed by atoms with Crippen LogP contribution >= 0.6 is 11.6 Å². The van der Waals surface area contributed by atoms with Gasteiger partial charge in [-0.3, -0.25) is 0 Å². The molecule has 2 fully saturated rings. The van der Waals surface area contributed by atoms with Crippen LogP contribution in [-0.2, 0) is 0 Å². The third-order valence-corrected chi connectivity index (χ3v) is 4.03. The largest absolute Gasteiger partial charge is 0.396 e. The molecular formula is C12H14ClNO. The molecule has 1 aromatic rings. The number of aliphatic hydroxyl groups is 1. The summed E-state index contributed by atoms with van der Waals surface area (Å²) in [4.78, 5) is 2.39. The van der Waals surface area contributed by atoms with E-state index in [0.29, 0.717) is 12.5 Å². The molecule has 80 valence electrons. The zero-order chi connectivity index (χ0) is 10.4. The Hall–Kier alpha value is -0.730. The molecule has 1 saturated carbocycles. The number of nitrogens with zero attached hydrogens (tertiary/aromatic N) is 1. The first-order valence-electron chi connectivity index (χ1n) is 5.41. The molecule has 1 aliphatic carbocycles. The van der Waals surface area contributed by atoms with Crippen molar-refractivity contribution in [2.24, 2.45) is 17.8 Å². The van der Waals surface area contributed by atoms with Crippen molar-refractivity contribution in [1.29, 1.82) is 0 Å². The quantitative estimate of drug-likeness (QED) is 0.829. The zero-order valence-electron chi connectivity index (χ0n) is 8.44. The molecule has 1 saturated heterocycles. The van der Waals surface area contributed by atoms with E-state index in [-0.39, 0.29) is 0 Å². The van der Waals surface area contributed by atoms with Crippen molar-refractivity contribution in [2.75, 3.05) is 24.6 Å². The van der Waals surface area contributed by atoms with Gasteiger partial charge in [-0.2, -0.15) is 0 Å². The molecule has 3 rings (SSSR count). The van der Waals surface area contributed by atoms with Crippen molar-refractivity contribution in [2.45, 2.75) is 0 Å². The summed E-state index contributed by atoms with van der Waals surface area (Å²) < 4.78 is 0. The van der Waals surface area contributed by atoms with Gasteiger partial charge in [0.2, 0.25) is 0 Å². The van der Waals surface area contributed by atoms with Crippen LogP contribution in [0.25, 0.3) is 0 Å². The van der Waals surface area contributed by atoms with Gasteiger partial charge >= 0.3 is 0 Å². The van der Waals surface area contributed by atoms with Crippen LogP contribution in [0.2, 0.25) is 5.02 Å². The van der Waals surface area contributed by atoms with Gasteiger partial charge in [0.05, 0.1) is 0 Å². The third kappa shape index (κ3) is 1.52. The molecule has 1 aromatic carbocycles. The SMILES string of the molecule is OCC1C2CN(c3ccc(Cl)cc3)CC12. The van der Waals surface area contributed by atoms with Crippen LogP contribution in [0.1, 0.15) is 0 Å². The Labute approximate surface area is 94.5 Å². The second-order valence-corrected chi connectivity index (χ2v) is 4.99. The van der Waals surface area contributed by atoms with Crippen LogP contribution in [0, 0.1) is 17.8 Å². The van der Waals surface area contributed by atoms with Gasteiger partial charge in [0.1, 0.15) is 0 Å². The van der Waals surface area contributed by atoms with E-state index < -0.39 is 0 Å². The fourth-order valence-electron chi connectivity index (χ4n) is 2.78. The molecule has 0 radical (unpaired) electrons. The molecule has 15 heavy (non-hydrogen) atoms. The topological polar surface area (TPSA) is 23.5 Å². The maximum Gasteiger partial charge on any atom is 0.0466 e. The summed E-state index contributed by atoms with van der Waals surface area (Å²) in [5, 5.41) is 9.86. The van der Waals surface area contributed by atoms with Gasteiger partial charge in [-0.25, -0.2) is 0 Å². The van der Waals surface area contributed by atoms with Crippen molar-refractivity contribution in [1.82, 2.24) is 0 Å². The Morgan fingerprint density at radius 2 is 1.80 bits per heavy atom. The summed E-state index contributed by atoms with van der Waals surface area (Å²) in [7, 11) is 0. The number of fused-ring (bicyclic) bond motifs is 1. The summed E-state index contributed by atoms with van der Waals surface area (Å²) in [6, 6.07) is 8.01. The summed E-state index contributed by atoms with van der Waals surface area (Å²) in [6.45, 7) is 2.55. The maximum absolute atomic E-state index is 9.07. The maximum atomic E-state index is 9.07. The van der Waals surface area contributed by atoms with Crippen LogP contribution in [0.3, 0.4) is 0 Å². The summed E-state index contributed by atoms with van der Waals surface area (Å²) >= 11 is 5.85. The molecule has 3 heteroatoms. The first-order valence-corrected chi connectivity index (χ1v) is 5.79. The highest BCUT2D eigenvalue weighted by Gasteiger charge is 2.55. The van der Waals surface area contributed by atoms with E-state index >= 15 is 0 Å². The van der Waals surface area contributed by atoms with E-state index in [1.807, 2.05) is 12.1 Å². The van der Waals surface area contributed by atoms with Gasteiger partial charge in [-0.15, -0.1) is 0 Å². The molecule has 0 aromatic heterocycles. The molecule has 0 spiro atoms. The average Bonchev–Trinajstić information content (AvgIpc) is 2.72. The highest BCUT2D eigenvalue weighted by molar-refractivity contribution is 6.30. The highest BCUT2D eigenvalue weighted by atomic mass is 35.5. The van der Waals surface area contributed by atoms with Gasteiger partial charge in [-0.1, -0.05) is 11.6 Å². The van der Waals surface area contributed by atoms with E-state index in [1.165, 1.54) is 5.69 Å². The molecule has 1 heterocycles. The fraction of sp³-hybridized carbons (Fsp3) is 0.500. The van der Waals surface area contributed by atoms with Crippen molar-refractivity contribution >= 4 is 17.3 Å².